The Morgan fingerprint density at radius 3 is 2.60 bits per heavy atom. The van der Waals surface area contributed by atoms with Gasteiger partial charge >= 0.3 is 0 Å². The first-order valence-electron chi connectivity index (χ1n) is 2.73. The van der Waals surface area contributed by atoms with Crippen molar-refractivity contribution in [1.82, 2.24) is 0 Å². The first-order chi connectivity index (χ1) is 4.63. The van der Waals surface area contributed by atoms with Crippen LogP contribution in [0.5, 0.6) is 0 Å². The Kier molecular flexibility index (Phi) is 2.68. The highest BCUT2D eigenvalue weighted by molar-refractivity contribution is 14.1. The first-order valence-corrected chi connectivity index (χ1v) is 4.60. The number of halogens is 3. The van der Waals surface area contributed by atoms with E-state index in [1.165, 1.54) is 0 Å². The van der Waals surface area contributed by atoms with Gasteiger partial charge in [-0.2, -0.15) is 0 Å². The first kappa shape index (κ1) is 8.46. The van der Waals surface area contributed by atoms with Crippen LogP contribution in [0.2, 0.25) is 0 Å². The molecule has 0 nitrogen and oxygen atoms in total. The molecule has 0 aliphatic rings. The summed E-state index contributed by atoms with van der Waals surface area (Å²) in [6.45, 7) is 1.86. The standard InChI is InChI=1S/C7H5BrFI/c1-4-2-3-5(10)7(9)6(4)8/h2-3H,1H3. The van der Waals surface area contributed by atoms with Gasteiger partial charge < -0.3 is 0 Å². The maximum Gasteiger partial charge on any atom is 0.150 e. The summed E-state index contributed by atoms with van der Waals surface area (Å²) in [7, 11) is 0. The maximum absolute atomic E-state index is 12.9. The molecule has 10 heavy (non-hydrogen) atoms. The van der Waals surface area contributed by atoms with E-state index >= 15 is 0 Å². The highest BCUT2D eigenvalue weighted by Crippen LogP contribution is 2.23. The number of hydrogen-bond donors (Lipinski definition) is 0. The van der Waals surface area contributed by atoms with Gasteiger partial charge in [0.15, 0.2) is 5.82 Å². The summed E-state index contributed by atoms with van der Waals surface area (Å²) in [4.78, 5) is 0. The normalized spacial score (nSPS) is 10.0. The fourth-order valence-corrected chi connectivity index (χ4v) is 1.79. The second kappa shape index (κ2) is 3.17. The van der Waals surface area contributed by atoms with Gasteiger partial charge in [0.1, 0.15) is 0 Å². The van der Waals surface area contributed by atoms with Crippen LogP contribution in [-0.2, 0) is 0 Å². The smallest absolute Gasteiger partial charge is 0.150 e. The molecule has 0 aliphatic carbocycles. The fraction of sp³-hybridized carbons (Fsp3) is 0.143. The third-order valence-corrected chi connectivity index (χ3v) is 3.03. The lowest BCUT2D eigenvalue weighted by atomic mass is 10.2. The Morgan fingerprint density at radius 2 is 2.10 bits per heavy atom. The summed E-state index contributed by atoms with van der Waals surface area (Å²) in [5, 5.41) is 0. The topological polar surface area (TPSA) is 0 Å². The van der Waals surface area contributed by atoms with Crippen molar-refractivity contribution in [2.75, 3.05) is 0 Å². The molecule has 0 amide bonds. The second-order valence-electron chi connectivity index (χ2n) is 1.99. The Morgan fingerprint density at radius 1 is 1.50 bits per heavy atom. The van der Waals surface area contributed by atoms with Gasteiger partial charge in [0.05, 0.1) is 4.47 Å². The van der Waals surface area contributed by atoms with Crippen molar-refractivity contribution >= 4 is 38.5 Å². The van der Waals surface area contributed by atoms with E-state index in [0.717, 1.165) is 5.56 Å². The van der Waals surface area contributed by atoms with Gasteiger partial charge in [-0.05, 0) is 57.1 Å². The van der Waals surface area contributed by atoms with Gasteiger partial charge in [0.2, 0.25) is 0 Å². The van der Waals surface area contributed by atoms with Crippen LogP contribution in [0.25, 0.3) is 0 Å². The zero-order chi connectivity index (χ0) is 7.72. The Labute approximate surface area is 81.1 Å². The van der Waals surface area contributed by atoms with E-state index in [9.17, 15) is 4.39 Å². The van der Waals surface area contributed by atoms with Crippen LogP contribution in [0, 0.1) is 16.3 Å². The highest BCUT2D eigenvalue weighted by Gasteiger charge is 2.04. The second-order valence-corrected chi connectivity index (χ2v) is 3.95. The van der Waals surface area contributed by atoms with Crippen LogP contribution < -0.4 is 0 Å². The summed E-state index contributed by atoms with van der Waals surface area (Å²) >= 11 is 5.11. The van der Waals surface area contributed by atoms with Crippen molar-refractivity contribution in [2.24, 2.45) is 0 Å². The molecule has 0 aliphatic heterocycles. The minimum Gasteiger partial charge on any atom is -0.205 e. The molecule has 1 rings (SSSR count). The molecule has 0 saturated heterocycles. The molecule has 0 saturated carbocycles. The van der Waals surface area contributed by atoms with E-state index in [4.69, 9.17) is 0 Å². The predicted molar refractivity (Wildman–Crippen MR) is 51.6 cm³/mol. The molecular formula is C7H5BrFI. The van der Waals surface area contributed by atoms with E-state index in [1.54, 1.807) is 6.07 Å². The zero-order valence-corrected chi connectivity index (χ0v) is 9.03. The lowest BCUT2D eigenvalue weighted by molar-refractivity contribution is 0.612. The van der Waals surface area contributed by atoms with Gasteiger partial charge in [0, 0.05) is 3.57 Å². The fourth-order valence-electron chi connectivity index (χ4n) is 0.622. The summed E-state index contributed by atoms with van der Waals surface area (Å²) in [5.74, 6) is -0.166. The highest BCUT2D eigenvalue weighted by atomic mass is 127. The zero-order valence-electron chi connectivity index (χ0n) is 5.29. The quantitative estimate of drug-likeness (QED) is 0.508. The molecule has 3 heteroatoms. The Bertz CT molecular complexity index is 233. The molecule has 0 N–H and O–H groups in total. The Hall–Kier alpha value is 0.360. The lowest BCUT2D eigenvalue weighted by Crippen LogP contribution is -1.85. The SMILES string of the molecule is Cc1ccc(I)c(F)c1Br. The molecule has 1 aromatic rings. The van der Waals surface area contributed by atoms with Crippen LogP contribution in [-0.4, -0.2) is 0 Å². The van der Waals surface area contributed by atoms with Crippen molar-refractivity contribution in [1.29, 1.82) is 0 Å². The van der Waals surface area contributed by atoms with E-state index in [-0.39, 0.29) is 5.82 Å². The third kappa shape index (κ3) is 1.50. The van der Waals surface area contributed by atoms with Crippen molar-refractivity contribution in [3.05, 3.63) is 31.6 Å². The van der Waals surface area contributed by atoms with E-state index in [1.807, 2.05) is 35.6 Å². The monoisotopic (exact) mass is 314 g/mol. The largest absolute Gasteiger partial charge is 0.205 e. The van der Waals surface area contributed by atoms with E-state index in [2.05, 4.69) is 15.9 Å². The van der Waals surface area contributed by atoms with Crippen molar-refractivity contribution in [2.45, 2.75) is 6.92 Å². The molecule has 0 heterocycles. The van der Waals surface area contributed by atoms with Crippen molar-refractivity contribution in [3.8, 4) is 0 Å². The van der Waals surface area contributed by atoms with E-state index < -0.39 is 0 Å². The summed E-state index contributed by atoms with van der Waals surface area (Å²) < 4.78 is 14.2. The van der Waals surface area contributed by atoms with Crippen LogP contribution in [0.1, 0.15) is 5.56 Å². The maximum atomic E-state index is 12.9. The molecule has 1 aromatic carbocycles. The molecule has 0 radical (unpaired) electrons. The molecule has 0 fully saturated rings. The van der Waals surface area contributed by atoms with Crippen molar-refractivity contribution < 1.29 is 4.39 Å². The number of rotatable bonds is 0. The average molecular weight is 315 g/mol. The number of aryl methyl sites for hydroxylation is 1. The predicted octanol–water partition coefficient (Wildman–Crippen LogP) is 3.50. The Balaban J connectivity index is 3.34. The molecule has 0 spiro atoms. The van der Waals surface area contributed by atoms with E-state index in [0.29, 0.717) is 8.04 Å². The summed E-state index contributed by atoms with van der Waals surface area (Å²) in [6, 6.07) is 3.64. The lowest BCUT2D eigenvalue weighted by Gasteiger charge is -1.99. The van der Waals surface area contributed by atoms with Crippen LogP contribution >= 0.6 is 38.5 Å². The number of benzene rings is 1. The van der Waals surface area contributed by atoms with Gasteiger partial charge in [0.25, 0.3) is 0 Å². The van der Waals surface area contributed by atoms with Gasteiger partial charge in [-0.3, -0.25) is 0 Å². The average Bonchev–Trinajstić information content (AvgIpc) is 1.93. The molecule has 0 atom stereocenters. The van der Waals surface area contributed by atoms with Crippen LogP contribution in [0.4, 0.5) is 4.39 Å². The molecular weight excluding hydrogens is 310 g/mol. The number of hydrogen-bond acceptors (Lipinski definition) is 0. The van der Waals surface area contributed by atoms with Crippen LogP contribution in [0.15, 0.2) is 16.6 Å². The minimum atomic E-state index is -0.166. The minimum absolute atomic E-state index is 0.166. The van der Waals surface area contributed by atoms with Gasteiger partial charge in [-0.1, -0.05) is 6.07 Å². The van der Waals surface area contributed by atoms with Crippen molar-refractivity contribution in [3.63, 3.8) is 0 Å². The van der Waals surface area contributed by atoms with Gasteiger partial charge in [-0.25, -0.2) is 4.39 Å². The molecule has 0 aromatic heterocycles. The third-order valence-electron chi connectivity index (χ3n) is 1.23. The summed E-state index contributed by atoms with van der Waals surface area (Å²) in [5.41, 5.74) is 0.929. The molecule has 54 valence electrons. The van der Waals surface area contributed by atoms with Crippen LogP contribution in [0.3, 0.4) is 0 Å². The molecule has 0 unspecified atom stereocenters. The molecule has 0 bridgehead atoms. The van der Waals surface area contributed by atoms with Gasteiger partial charge in [-0.15, -0.1) is 0 Å². The summed E-state index contributed by atoms with van der Waals surface area (Å²) in [6.07, 6.45) is 0.